The smallest absolute Gasteiger partial charge is 0.295 e. The first-order valence-electron chi connectivity index (χ1n) is 15.0. The number of nitrogens with one attached hydrogen (secondary N) is 6. The number of hydrogen-bond acceptors (Lipinski definition) is 16. The van der Waals surface area contributed by atoms with Crippen molar-refractivity contribution in [3.8, 4) is 0 Å². The van der Waals surface area contributed by atoms with Gasteiger partial charge in [-0.2, -0.15) is 16.8 Å². The molecule has 0 aromatic heterocycles. The minimum absolute atomic E-state index is 0.0339. The molecule has 10 N–H and O–H groups in total. The van der Waals surface area contributed by atoms with Gasteiger partial charge in [0.05, 0.1) is 11.4 Å². The number of anilines is 4. The summed E-state index contributed by atoms with van der Waals surface area (Å²) in [5, 5.41) is 36.9. The predicted molar refractivity (Wildman–Crippen MR) is 195 cm³/mol. The molecule has 0 aliphatic carbocycles. The summed E-state index contributed by atoms with van der Waals surface area (Å²) in [5.41, 5.74) is 12.2. The summed E-state index contributed by atoms with van der Waals surface area (Å²) in [6.07, 6.45) is 5.12. The lowest BCUT2D eigenvalue weighted by atomic mass is 10.1. The van der Waals surface area contributed by atoms with Crippen LogP contribution in [0.3, 0.4) is 0 Å². The van der Waals surface area contributed by atoms with Gasteiger partial charge >= 0.3 is 0 Å². The molecule has 0 bridgehead atoms. The molecule has 2 aliphatic heterocycles. The summed E-state index contributed by atoms with van der Waals surface area (Å²) in [6.45, 7) is 0. The van der Waals surface area contributed by atoms with Crippen LogP contribution in [0.4, 0.5) is 22.7 Å². The molecule has 18 nitrogen and oxygen atoms in total. The highest BCUT2D eigenvalue weighted by atomic mass is 32.2. The second-order valence-electron chi connectivity index (χ2n) is 10.9. The number of para-hydroxylation sites is 2. The summed E-state index contributed by atoms with van der Waals surface area (Å²) in [4.78, 5) is -1.10. The largest absolute Gasteiger partial charge is 0.493 e. The Morgan fingerprint density at radius 2 is 0.942 bits per heavy atom. The molecule has 0 radical (unpaired) electrons. The van der Waals surface area contributed by atoms with Crippen molar-refractivity contribution in [3.63, 3.8) is 0 Å². The Hall–Kier alpha value is -6.74. The molecular formula is C32H30N10O8S2. The number of benzene rings is 4. The third kappa shape index (κ3) is 9.08. The zero-order chi connectivity index (χ0) is 36.9. The van der Waals surface area contributed by atoms with Crippen molar-refractivity contribution in [2.45, 2.75) is 9.79 Å². The van der Waals surface area contributed by atoms with E-state index in [1.807, 2.05) is 12.1 Å². The second-order valence-corrected chi connectivity index (χ2v) is 13.7. The van der Waals surface area contributed by atoms with Crippen LogP contribution in [0.25, 0.3) is 12.2 Å². The molecule has 0 atom stereocenters. The quantitative estimate of drug-likeness (QED) is 0.0802. The van der Waals surface area contributed by atoms with Crippen LogP contribution in [-0.2, 0) is 20.2 Å². The van der Waals surface area contributed by atoms with Crippen LogP contribution in [0.15, 0.2) is 141 Å². The van der Waals surface area contributed by atoms with E-state index in [0.29, 0.717) is 11.4 Å². The lowest BCUT2D eigenvalue weighted by molar-refractivity contribution is 0.199. The lowest BCUT2D eigenvalue weighted by Crippen LogP contribution is -2.42. The molecule has 52 heavy (non-hydrogen) atoms. The minimum atomic E-state index is -4.83. The molecule has 0 saturated carbocycles. The number of rotatable bonds is 10. The van der Waals surface area contributed by atoms with Gasteiger partial charge in [-0.1, -0.05) is 60.7 Å². The van der Waals surface area contributed by atoms with E-state index in [2.05, 4.69) is 42.5 Å². The average molecular weight is 747 g/mol. The number of amidine groups is 2. The molecule has 4 aromatic carbocycles. The molecule has 0 saturated heterocycles. The van der Waals surface area contributed by atoms with Crippen LogP contribution in [-0.4, -0.2) is 58.3 Å². The Bertz CT molecular complexity index is 2190. The molecule has 0 fully saturated rings. The maximum atomic E-state index is 12.4. The van der Waals surface area contributed by atoms with Gasteiger partial charge < -0.3 is 20.8 Å². The molecule has 0 amide bonds. The second kappa shape index (κ2) is 14.6. The molecule has 268 valence electrons. The number of hydrazone groups is 2. The summed E-state index contributed by atoms with van der Waals surface area (Å²) >= 11 is 0. The third-order valence-electron chi connectivity index (χ3n) is 6.99. The highest BCUT2D eigenvalue weighted by Gasteiger charge is 2.20. The standard InChI is InChI=1S/C32H30N10O8S2/c43-31-19-29(33-23-7-3-1-4-8-23)37-41(39-31)35-25-15-13-21(27(17-25)51(45,46)47)11-12-22-14-16-26(18-28(22)52(48,49)50)36-42-38-30(20-32(44)40-42)34-24-9-5-2-6-10-24/h1-20,35-36,39-40,43-44H,(H,33,37)(H,34,38)(H,45,46,47)(H,48,49,50). The van der Waals surface area contributed by atoms with Gasteiger partial charge in [0.1, 0.15) is 9.79 Å². The van der Waals surface area contributed by atoms with E-state index in [1.54, 1.807) is 48.5 Å². The zero-order valence-electron chi connectivity index (χ0n) is 26.6. The van der Waals surface area contributed by atoms with E-state index < -0.39 is 30.0 Å². The van der Waals surface area contributed by atoms with E-state index in [1.165, 1.54) is 48.6 Å². The van der Waals surface area contributed by atoms with E-state index >= 15 is 0 Å². The van der Waals surface area contributed by atoms with E-state index in [9.17, 15) is 36.2 Å². The lowest BCUT2D eigenvalue weighted by Gasteiger charge is -2.26. The molecule has 6 rings (SSSR count). The molecule has 0 unspecified atom stereocenters. The number of nitrogens with zero attached hydrogens (tertiary/aromatic N) is 4. The van der Waals surface area contributed by atoms with Crippen LogP contribution in [0.2, 0.25) is 0 Å². The van der Waals surface area contributed by atoms with Crippen molar-refractivity contribution in [2.75, 3.05) is 21.5 Å². The highest BCUT2D eigenvalue weighted by molar-refractivity contribution is 7.86. The molecule has 0 spiro atoms. The summed E-state index contributed by atoms with van der Waals surface area (Å²) in [5.74, 6) is -0.0997. The Balaban J connectivity index is 1.21. The van der Waals surface area contributed by atoms with E-state index in [-0.39, 0.29) is 45.9 Å². The van der Waals surface area contributed by atoms with Gasteiger partial charge in [-0.15, -0.1) is 20.7 Å². The fraction of sp³-hybridized carbons (Fsp3) is 0. The van der Waals surface area contributed by atoms with Crippen LogP contribution >= 0.6 is 0 Å². The van der Waals surface area contributed by atoms with Gasteiger partial charge in [-0.3, -0.25) is 20.0 Å². The summed E-state index contributed by atoms with van der Waals surface area (Å²) < 4.78 is 69.7. The van der Waals surface area contributed by atoms with Crippen LogP contribution < -0.4 is 32.3 Å². The summed E-state index contributed by atoms with van der Waals surface area (Å²) in [6, 6.07) is 25.8. The number of aliphatic hydroxyl groups is 2. The zero-order valence-corrected chi connectivity index (χ0v) is 28.2. The Kier molecular flexibility index (Phi) is 9.87. The van der Waals surface area contributed by atoms with Crippen molar-refractivity contribution in [1.82, 2.24) is 21.3 Å². The van der Waals surface area contributed by atoms with Crippen molar-refractivity contribution in [3.05, 3.63) is 132 Å². The molecule has 2 heterocycles. The molecule has 2 aliphatic rings. The first-order chi connectivity index (χ1) is 24.8. The van der Waals surface area contributed by atoms with Crippen molar-refractivity contribution in [2.24, 2.45) is 10.2 Å². The van der Waals surface area contributed by atoms with Gasteiger partial charge in [0.25, 0.3) is 20.2 Å². The highest BCUT2D eigenvalue weighted by Crippen LogP contribution is 2.27. The molecule has 4 aromatic rings. The average Bonchev–Trinajstić information content (AvgIpc) is 3.07. The van der Waals surface area contributed by atoms with Crippen molar-refractivity contribution >= 4 is 66.8 Å². The Labute approximate surface area is 297 Å². The molecular weight excluding hydrogens is 717 g/mol. The summed E-state index contributed by atoms with van der Waals surface area (Å²) in [7, 11) is -9.65. The van der Waals surface area contributed by atoms with E-state index in [0.717, 1.165) is 22.6 Å². The topological polar surface area (TPSA) is 253 Å². The van der Waals surface area contributed by atoms with Gasteiger partial charge in [-0.25, -0.2) is 10.9 Å². The van der Waals surface area contributed by atoms with Crippen LogP contribution in [0, 0.1) is 0 Å². The Morgan fingerprint density at radius 3 is 1.31 bits per heavy atom. The monoisotopic (exact) mass is 746 g/mol. The van der Waals surface area contributed by atoms with Gasteiger partial charge in [0.2, 0.25) is 11.8 Å². The number of hydrazine groups is 4. The van der Waals surface area contributed by atoms with E-state index in [4.69, 9.17) is 0 Å². The number of hydrogen-bond donors (Lipinski definition) is 10. The van der Waals surface area contributed by atoms with Crippen molar-refractivity contribution < 1.29 is 36.2 Å². The maximum absolute atomic E-state index is 12.4. The fourth-order valence-electron chi connectivity index (χ4n) is 4.78. The fourth-order valence-corrected chi connectivity index (χ4v) is 6.20. The maximum Gasteiger partial charge on any atom is 0.295 e. The SMILES string of the molecule is O=S(=O)(O)c1cc(NN2N=C(Nc3ccccc3)C=C(O)N2)ccc1C=Cc1ccc(NN2N=C(Nc3ccccc3)C=C(O)N2)cc1S(=O)(=O)O. The normalized spacial score (nSPS) is 14.7. The van der Waals surface area contributed by atoms with Crippen molar-refractivity contribution in [1.29, 1.82) is 0 Å². The first kappa shape index (κ1) is 35.1. The minimum Gasteiger partial charge on any atom is -0.493 e. The van der Waals surface area contributed by atoms with Gasteiger partial charge in [0.15, 0.2) is 11.7 Å². The van der Waals surface area contributed by atoms with Gasteiger partial charge in [-0.05, 0) is 59.7 Å². The van der Waals surface area contributed by atoms with Crippen LogP contribution in [0.1, 0.15) is 11.1 Å². The third-order valence-corrected chi connectivity index (χ3v) is 8.81. The Morgan fingerprint density at radius 1 is 0.558 bits per heavy atom. The van der Waals surface area contributed by atoms with Gasteiger partial charge in [0, 0.05) is 23.5 Å². The number of aliphatic hydroxyl groups excluding tert-OH is 2. The van der Waals surface area contributed by atoms with Crippen LogP contribution in [0.5, 0.6) is 0 Å². The molecule has 20 heteroatoms. The predicted octanol–water partition coefficient (Wildman–Crippen LogP) is 4.29. The first-order valence-corrected chi connectivity index (χ1v) is 17.9.